The molecule has 0 unspecified atom stereocenters. The predicted octanol–water partition coefficient (Wildman–Crippen LogP) is 2.08. The van der Waals surface area contributed by atoms with Crippen LogP contribution >= 0.6 is 34.8 Å². The maximum Gasteiger partial charge on any atom is 0.408 e. The van der Waals surface area contributed by atoms with E-state index >= 15 is 0 Å². The summed E-state index contributed by atoms with van der Waals surface area (Å²) < 4.78 is 4.53. The van der Waals surface area contributed by atoms with Crippen LogP contribution in [0, 0.1) is 17.0 Å². The second-order valence-corrected chi connectivity index (χ2v) is 7.13. The maximum atomic E-state index is 11.7. The first kappa shape index (κ1) is 19.8. The first-order chi connectivity index (χ1) is 10.5. The number of halogens is 3. The summed E-state index contributed by atoms with van der Waals surface area (Å²) in [6, 6.07) is 0. The standard InChI is InChI=1S/C11H16Cl3N5O4/c1-7-15-6-8(19(21)22)18(7)4-5-23-10(20)16-9(17(2)3)11(12,13)14/h6,9H,4-5H2,1-3H3,(H,16,20)/t9-/m0/s1. The number of amides is 1. The molecule has 9 nitrogen and oxygen atoms in total. The van der Waals surface area contributed by atoms with Gasteiger partial charge in [-0.1, -0.05) is 34.8 Å². The number of aromatic nitrogens is 2. The fourth-order valence-corrected chi connectivity index (χ4v) is 2.51. The van der Waals surface area contributed by atoms with E-state index < -0.39 is 21.0 Å². The van der Waals surface area contributed by atoms with Crippen molar-refractivity contribution in [1.29, 1.82) is 0 Å². The van der Waals surface area contributed by atoms with Crippen LogP contribution in [0.5, 0.6) is 0 Å². The van der Waals surface area contributed by atoms with Crippen molar-refractivity contribution in [3.8, 4) is 0 Å². The van der Waals surface area contributed by atoms with Gasteiger partial charge < -0.3 is 20.2 Å². The second-order valence-electron chi connectivity index (χ2n) is 4.76. The molecule has 130 valence electrons. The summed E-state index contributed by atoms with van der Waals surface area (Å²) in [5, 5.41) is 13.2. The van der Waals surface area contributed by atoms with E-state index in [1.54, 1.807) is 21.0 Å². The van der Waals surface area contributed by atoms with Gasteiger partial charge >= 0.3 is 11.9 Å². The summed E-state index contributed by atoms with van der Waals surface area (Å²) in [4.78, 5) is 27.4. The van der Waals surface area contributed by atoms with Gasteiger partial charge in [0.2, 0.25) is 3.79 Å². The number of hydrogen-bond donors (Lipinski definition) is 1. The second kappa shape index (κ2) is 8.00. The Morgan fingerprint density at radius 2 is 2.17 bits per heavy atom. The summed E-state index contributed by atoms with van der Waals surface area (Å²) in [5.74, 6) is 0.257. The zero-order valence-corrected chi connectivity index (χ0v) is 14.9. The van der Waals surface area contributed by atoms with Crippen molar-refractivity contribution in [2.45, 2.75) is 23.4 Å². The lowest BCUT2D eigenvalue weighted by atomic mass is 10.5. The Morgan fingerprint density at radius 1 is 1.57 bits per heavy atom. The predicted molar refractivity (Wildman–Crippen MR) is 85.9 cm³/mol. The Balaban J connectivity index is 2.58. The molecule has 1 heterocycles. The van der Waals surface area contributed by atoms with Gasteiger partial charge in [0, 0.05) is 6.92 Å². The van der Waals surface area contributed by atoms with Crippen LogP contribution in [-0.4, -0.2) is 56.1 Å². The van der Waals surface area contributed by atoms with Crippen molar-refractivity contribution in [3.63, 3.8) is 0 Å². The molecule has 0 aliphatic heterocycles. The Kier molecular flexibility index (Phi) is 6.87. The fraction of sp³-hybridized carbons (Fsp3) is 0.636. The molecule has 1 aromatic rings. The number of nitro groups is 1. The summed E-state index contributed by atoms with van der Waals surface area (Å²) >= 11 is 17.3. The third-order valence-electron chi connectivity index (χ3n) is 2.85. The van der Waals surface area contributed by atoms with Gasteiger partial charge in [-0.05, 0) is 19.0 Å². The lowest BCUT2D eigenvalue weighted by Crippen LogP contribution is -2.52. The molecule has 0 aliphatic carbocycles. The Morgan fingerprint density at radius 3 is 2.65 bits per heavy atom. The van der Waals surface area contributed by atoms with Crippen LogP contribution in [-0.2, 0) is 11.3 Å². The molecule has 23 heavy (non-hydrogen) atoms. The molecule has 0 aromatic carbocycles. The zero-order chi connectivity index (χ0) is 17.8. The summed E-state index contributed by atoms with van der Waals surface area (Å²) in [6.07, 6.45) is -0.569. The van der Waals surface area contributed by atoms with Gasteiger partial charge in [0.1, 0.15) is 25.5 Å². The highest BCUT2D eigenvalue weighted by Crippen LogP contribution is 2.31. The number of nitrogens with zero attached hydrogens (tertiary/aromatic N) is 4. The van der Waals surface area contributed by atoms with Gasteiger partial charge in [0.05, 0.1) is 0 Å². The first-order valence-corrected chi connectivity index (χ1v) is 7.50. The molecule has 0 saturated carbocycles. The largest absolute Gasteiger partial charge is 0.445 e. The van der Waals surface area contributed by atoms with Gasteiger partial charge in [0.25, 0.3) is 0 Å². The minimum Gasteiger partial charge on any atom is -0.445 e. The SMILES string of the molecule is Cc1ncc([N+](=O)[O-])n1CCOC(=O)N[C@@H](N(C)C)C(Cl)(Cl)Cl. The first-order valence-electron chi connectivity index (χ1n) is 6.37. The Bertz CT molecular complexity index is 572. The van der Waals surface area contributed by atoms with E-state index in [9.17, 15) is 14.9 Å². The smallest absolute Gasteiger partial charge is 0.408 e. The van der Waals surface area contributed by atoms with E-state index in [2.05, 4.69) is 10.3 Å². The van der Waals surface area contributed by atoms with E-state index in [4.69, 9.17) is 39.5 Å². The number of rotatable bonds is 6. The molecular formula is C11H16Cl3N5O4. The van der Waals surface area contributed by atoms with Crippen LogP contribution in [0.4, 0.5) is 10.6 Å². The molecule has 0 saturated heterocycles. The molecule has 12 heteroatoms. The van der Waals surface area contributed by atoms with Crippen LogP contribution in [0.15, 0.2) is 6.20 Å². The minimum atomic E-state index is -1.75. The monoisotopic (exact) mass is 387 g/mol. The number of ether oxygens (including phenoxy) is 1. The molecule has 0 spiro atoms. The quantitative estimate of drug-likeness (QED) is 0.346. The molecule has 1 aromatic heterocycles. The van der Waals surface area contributed by atoms with E-state index in [0.29, 0.717) is 5.82 Å². The summed E-state index contributed by atoms with van der Waals surface area (Å²) in [6.45, 7) is 1.58. The molecule has 1 amide bonds. The van der Waals surface area contributed by atoms with Gasteiger partial charge in [-0.3, -0.25) is 4.90 Å². The van der Waals surface area contributed by atoms with Crippen molar-refractivity contribution in [2.24, 2.45) is 0 Å². The number of alkyl halides is 3. The third-order valence-corrected chi connectivity index (χ3v) is 3.47. The van der Waals surface area contributed by atoms with E-state index in [0.717, 1.165) is 6.20 Å². The molecule has 1 rings (SSSR count). The minimum absolute atomic E-state index is 0.0793. The third kappa shape index (κ3) is 5.69. The number of carbonyl (C=O) groups is 1. The summed E-state index contributed by atoms with van der Waals surface area (Å²) in [5.41, 5.74) is 0. The van der Waals surface area contributed by atoms with Gasteiger partial charge in [-0.25, -0.2) is 14.3 Å². The number of hydrogen-bond acceptors (Lipinski definition) is 6. The van der Waals surface area contributed by atoms with Crippen LogP contribution in [0.25, 0.3) is 0 Å². The maximum absolute atomic E-state index is 11.7. The van der Waals surface area contributed by atoms with Crippen LogP contribution in [0.1, 0.15) is 5.82 Å². The fourth-order valence-electron chi connectivity index (χ4n) is 1.76. The zero-order valence-electron chi connectivity index (χ0n) is 12.6. The molecule has 0 aliphatic rings. The van der Waals surface area contributed by atoms with Crippen LogP contribution in [0.3, 0.4) is 0 Å². The van der Waals surface area contributed by atoms with Crippen LogP contribution in [0.2, 0.25) is 0 Å². The van der Waals surface area contributed by atoms with Gasteiger partial charge in [0.15, 0.2) is 5.82 Å². The van der Waals surface area contributed by atoms with Crippen molar-refractivity contribution >= 4 is 46.7 Å². The van der Waals surface area contributed by atoms with Crippen molar-refractivity contribution in [2.75, 3.05) is 20.7 Å². The highest BCUT2D eigenvalue weighted by molar-refractivity contribution is 6.68. The molecule has 1 atom stereocenters. The van der Waals surface area contributed by atoms with Gasteiger partial charge in [-0.2, -0.15) is 0 Å². The lowest BCUT2D eigenvalue weighted by molar-refractivity contribution is -0.392. The van der Waals surface area contributed by atoms with E-state index in [1.165, 1.54) is 9.47 Å². The van der Waals surface area contributed by atoms with E-state index in [-0.39, 0.29) is 19.0 Å². The number of carbonyl (C=O) groups excluding carboxylic acids is 1. The molecule has 0 radical (unpaired) electrons. The van der Waals surface area contributed by atoms with Crippen molar-refractivity contribution in [3.05, 3.63) is 22.1 Å². The molecular weight excluding hydrogens is 373 g/mol. The molecule has 0 bridgehead atoms. The van der Waals surface area contributed by atoms with Crippen molar-refractivity contribution < 1.29 is 14.5 Å². The number of nitrogens with one attached hydrogen (secondary N) is 1. The lowest BCUT2D eigenvalue weighted by Gasteiger charge is -2.30. The number of aryl methyl sites for hydroxylation is 1. The van der Waals surface area contributed by atoms with E-state index in [1.807, 2.05) is 0 Å². The normalized spacial score (nSPS) is 13.0. The molecule has 0 fully saturated rings. The summed E-state index contributed by atoms with van der Waals surface area (Å²) in [7, 11) is 3.23. The Labute approximate surface area is 147 Å². The average Bonchev–Trinajstić information content (AvgIpc) is 2.76. The van der Waals surface area contributed by atoms with Gasteiger partial charge in [-0.15, -0.1) is 0 Å². The van der Waals surface area contributed by atoms with Crippen LogP contribution < -0.4 is 5.32 Å². The number of alkyl carbamates (subject to hydrolysis) is 1. The highest BCUT2D eigenvalue weighted by Gasteiger charge is 2.36. The number of imidazole rings is 1. The highest BCUT2D eigenvalue weighted by atomic mass is 35.6. The topological polar surface area (TPSA) is 103 Å². The van der Waals surface area contributed by atoms with Crippen molar-refractivity contribution in [1.82, 2.24) is 19.8 Å². The molecule has 1 N–H and O–H groups in total. The Hall–Kier alpha value is -1.29. The average molecular weight is 389 g/mol.